The van der Waals surface area contributed by atoms with Crippen LogP contribution in [0.4, 0.5) is 0 Å². The first-order valence-corrected chi connectivity index (χ1v) is 5.90. The molecule has 100 valence electrons. The molecule has 0 radical (unpaired) electrons. The van der Waals surface area contributed by atoms with Crippen LogP contribution in [0.15, 0.2) is 18.6 Å². The number of aromatic nitrogens is 4. The molecule has 0 bridgehead atoms. The van der Waals surface area contributed by atoms with Crippen LogP contribution in [0.2, 0.25) is 0 Å². The van der Waals surface area contributed by atoms with Crippen molar-refractivity contribution in [3.05, 3.63) is 35.4 Å². The van der Waals surface area contributed by atoms with Crippen molar-refractivity contribution in [2.45, 2.75) is 33.5 Å². The molecule has 0 unspecified atom stereocenters. The number of rotatable bonds is 5. The molecular formula is C12H20ClN5. The van der Waals surface area contributed by atoms with Gasteiger partial charge in [0.15, 0.2) is 0 Å². The van der Waals surface area contributed by atoms with Gasteiger partial charge in [-0.25, -0.2) is 0 Å². The highest BCUT2D eigenvalue weighted by atomic mass is 35.5. The van der Waals surface area contributed by atoms with E-state index in [1.807, 2.05) is 28.8 Å². The van der Waals surface area contributed by atoms with E-state index in [9.17, 15) is 0 Å². The molecule has 0 aliphatic carbocycles. The van der Waals surface area contributed by atoms with Gasteiger partial charge in [0, 0.05) is 38.4 Å². The molecule has 0 aliphatic rings. The highest BCUT2D eigenvalue weighted by Crippen LogP contribution is 2.05. The van der Waals surface area contributed by atoms with E-state index in [2.05, 4.69) is 35.6 Å². The van der Waals surface area contributed by atoms with Crippen molar-refractivity contribution >= 4 is 12.4 Å². The van der Waals surface area contributed by atoms with Crippen LogP contribution in [0.5, 0.6) is 0 Å². The Kier molecular flexibility index (Phi) is 5.37. The quantitative estimate of drug-likeness (QED) is 0.898. The Hall–Kier alpha value is -1.33. The third-order valence-corrected chi connectivity index (χ3v) is 2.90. The van der Waals surface area contributed by atoms with Crippen molar-refractivity contribution in [2.24, 2.45) is 7.05 Å². The van der Waals surface area contributed by atoms with Crippen LogP contribution in [0.25, 0.3) is 0 Å². The van der Waals surface area contributed by atoms with Crippen molar-refractivity contribution in [2.75, 3.05) is 0 Å². The van der Waals surface area contributed by atoms with Crippen molar-refractivity contribution in [1.29, 1.82) is 0 Å². The van der Waals surface area contributed by atoms with E-state index in [-0.39, 0.29) is 12.4 Å². The summed E-state index contributed by atoms with van der Waals surface area (Å²) in [7, 11) is 1.97. The average Bonchev–Trinajstić information content (AvgIpc) is 2.90. The van der Waals surface area contributed by atoms with Crippen LogP contribution in [-0.4, -0.2) is 19.6 Å². The molecule has 0 aromatic carbocycles. The zero-order chi connectivity index (χ0) is 12.3. The van der Waals surface area contributed by atoms with Crippen molar-refractivity contribution in [1.82, 2.24) is 24.9 Å². The molecule has 0 saturated carbocycles. The molecular weight excluding hydrogens is 250 g/mol. The molecule has 2 heterocycles. The van der Waals surface area contributed by atoms with Crippen LogP contribution in [0.1, 0.15) is 23.7 Å². The van der Waals surface area contributed by atoms with Gasteiger partial charge >= 0.3 is 0 Å². The minimum Gasteiger partial charge on any atom is -0.307 e. The number of aryl methyl sites for hydroxylation is 3. The molecule has 2 aromatic rings. The van der Waals surface area contributed by atoms with Crippen molar-refractivity contribution in [3.8, 4) is 0 Å². The Bertz CT molecular complexity index is 469. The molecule has 0 fully saturated rings. The molecule has 0 atom stereocenters. The Morgan fingerprint density at radius 2 is 2.00 bits per heavy atom. The van der Waals surface area contributed by atoms with E-state index >= 15 is 0 Å². The molecule has 18 heavy (non-hydrogen) atoms. The van der Waals surface area contributed by atoms with E-state index in [0.717, 1.165) is 19.6 Å². The molecule has 2 rings (SSSR count). The Labute approximate surface area is 114 Å². The van der Waals surface area contributed by atoms with Gasteiger partial charge in [0.05, 0.1) is 18.1 Å². The lowest BCUT2D eigenvalue weighted by Crippen LogP contribution is -2.15. The predicted molar refractivity (Wildman–Crippen MR) is 73.6 cm³/mol. The molecule has 6 heteroatoms. The summed E-state index contributed by atoms with van der Waals surface area (Å²) in [5, 5.41) is 11.9. The molecule has 0 spiro atoms. The van der Waals surface area contributed by atoms with Crippen molar-refractivity contribution in [3.63, 3.8) is 0 Å². The first kappa shape index (κ1) is 14.7. The number of halogens is 1. The lowest BCUT2D eigenvalue weighted by atomic mass is 10.2. The van der Waals surface area contributed by atoms with Crippen LogP contribution < -0.4 is 5.32 Å². The molecule has 5 nitrogen and oxygen atoms in total. The normalized spacial score (nSPS) is 10.4. The summed E-state index contributed by atoms with van der Waals surface area (Å²) in [6.45, 7) is 6.76. The highest BCUT2D eigenvalue weighted by molar-refractivity contribution is 5.85. The third-order valence-electron chi connectivity index (χ3n) is 2.90. The van der Waals surface area contributed by atoms with Gasteiger partial charge in [-0.05, 0) is 19.4 Å². The summed E-state index contributed by atoms with van der Waals surface area (Å²) in [6, 6.07) is 0. The third kappa shape index (κ3) is 3.34. The van der Waals surface area contributed by atoms with Gasteiger partial charge < -0.3 is 5.32 Å². The van der Waals surface area contributed by atoms with Gasteiger partial charge in [0.1, 0.15) is 0 Å². The number of nitrogens with zero attached hydrogens (tertiary/aromatic N) is 4. The van der Waals surface area contributed by atoms with Crippen LogP contribution in [-0.2, 0) is 26.7 Å². The fourth-order valence-corrected chi connectivity index (χ4v) is 1.82. The fourth-order valence-electron chi connectivity index (χ4n) is 1.82. The lowest BCUT2D eigenvalue weighted by Gasteiger charge is -2.05. The summed E-state index contributed by atoms with van der Waals surface area (Å²) in [6.07, 6.45) is 5.88. The summed E-state index contributed by atoms with van der Waals surface area (Å²) in [5.74, 6) is 0. The number of hydrogen-bond donors (Lipinski definition) is 1. The molecule has 0 aliphatic heterocycles. The first-order chi connectivity index (χ1) is 8.20. The molecule has 1 N–H and O–H groups in total. The van der Waals surface area contributed by atoms with E-state index in [1.54, 1.807) is 0 Å². The Balaban J connectivity index is 0.00000162. The zero-order valence-corrected chi connectivity index (χ0v) is 11.9. The van der Waals surface area contributed by atoms with Gasteiger partial charge in [-0.3, -0.25) is 9.36 Å². The second-order valence-electron chi connectivity index (χ2n) is 4.21. The topological polar surface area (TPSA) is 47.7 Å². The molecule has 0 amide bonds. The minimum absolute atomic E-state index is 0. The molecule has 2 aromatic heterocycles. The maximum atomic E-state index is 4.24. The number of hydrogen-bond acceptors (Lipinski definition) is 3. The van der Waals surface area contributed by atoms with Crippen LogP contribution in [0.3, 0.4) is 0 Å². The van der Waals surface area contributed by atoms with Gasteiger partial charge in [0.2, 0.25) is 0 Å². The monoisotopic (exact) mass is 269 g/mol. The lowest BCUT2D eigenvalue weighted by molar-refractivity contribution is 0.622. The van der Waals surface area contributed by atoms with E-state index in [4.69, 9.17) is 0 Å². The van der Waals surface area contributed by atoms with Crippen molar-refractivity contribution < 1.29 is 0 Å². The Morgan fingerprint density at radius 3 is 2.56 bits per heavy atom. The van der Waals surface area contributed by atoms with Gasteiger partial charge in [-0.15, -0.1) is 12.4 Å². The Morgan fingerprint density at radius 1 is 1.22 bits per heavy atom. The van der Waals surface area contributed by atoms with Gasteiger partial charge in [0.25, 0.3) is 0 Å². The zero-order valence-electron chi connectivity index (χ0n) is 11.1. The standard InChI is InChI=1S/C12H19N5.ClH/c1-4-17-9-11(7-15-17)6-13-8-12-10(2)5-14-16(12)3;/h5,7,9,13H,4,6,8H2,1-3H3;1H. The maximum absolute atomic E-state index is 4.24. The second kappa shape index (κ2) is 6.56. The summed E-state index contributed by atoms with van der Waals surface area (Å²) in [4.78, 5) is 0. The van der Waals surface area contributed by atoms with E-state index in [0.29, 0.717) is 0 Å². The van der Waals surface area contributed by atoms with Gasteiger partial charge in [-0.2, -0.15) is 10.2 Å². The minimum atomic E-state index is 0. The SMILES string of the molecule is CCn1cc(CNCc2c(C)cnn2C)cn1.Cl. The van der Waals surface area contributed by atoms with Crippen LogP contribution >= 0.6 is 12.4 Å². The molecule has 0 saturated heterocycles. The van der Waals surface area contributed by atoms with Crippen LogP contribution in [0, 0.1) is 6.92 Å². The maximum Gasteiger partial charge on any atom is 0.0547 e. The smallest absolute Gasteiger partial charge is 0.0547 e. The average molecular weight is 270 g/mol. The second-order valence-corrected chi connectivity index (χ2v) is 4.21. The fraction of sp³-hybridized carbons (Fsp3) is 0.500. The summed E-state index contributed by atoms with van der Waals surface area (Å²) < 4.78 is 3.85. The predicted octanol–water partition coefficient (Wildman–Crippen LogP) is 1.66. The summed E-state index contributed by atoms with van der Waals surface area (Å²) >= 11 is 0. The highest BCUT2D eigenvalue weighted by Gasteiger charge is 2.04. The largest absolute Gasteiger partial charge is 0.307 e. The van der Waals surface area contributed by atoms with E-state index < -0.39 is 0 Å². The number of nitrogens with one attached hydrogen (secondary N) is 1. The van der Waals surface area contributed by atoms with Gasteiger partial charge in [-0.1, -0.05) is 0 Å². The summed E-state index contributed by atoms with van der Waals surface area (Å²) in [5.41, 5.74) is 3.67. The first-order valence-electron chi connectivity index (χ1n) is 5.90. The van der Waals surface area contributed by atoms with E-state index in [1.165, 1.54) is 16.8 Å².